The van der Waals surface area contributed by atoms with E-state index in [1.54, 1.807) is 12.1 Å². The molecule has 1 heterocycles. The number of aryl methyl sites for hydroxylation is 1. The largest absolute Gasteiger partial charge is 0.496 e. The molecule has 0 aliphatic carbocycles. The summed E-state index contributed by atoms with van der Waals surface area (Å²) in [4.78, 5) is 25.0. The molecule has 0 unspecified atom stereocenters. The molecule has 2 aromatic rings. The van der Waals surface area contributed by atoms with Gasteiger partial charge in [-0.1, -0.05) is 0 Å². The fourth-order valence-corrected chi connectivity index (χ4v) is 3.35. The smallest absolute Gasteiger partial charge is 0.338 e. The summed E-state index contributed by atoms with van der Waals surface area (Å²) in [7, 11) is 3.04. The van der Waals surface area contributed by atoms with Gasteiger partial charge in [0, 0.05) is 28.6 Å². The number of methoxy groups -OCH3 is 2. The van der Waals surface area contributed by atoms with E-state index in [1.165, 1.54) is 14.2 Å². The molecule has 0 saturated carbocycles. The lowest BCUT2D eigenvalue weighted by Crippen LogP contribution is -2.15. The Morgan fingerprint density at radius 1 is 1.00 bits per heavy atom. The highest BCUT2D eigenvalue weighted by Gasteiger charge is 2.20. The molecule has 0 saturated heterocycles. The number of esters is 1. The van der Waals surface area contributed by atoms with Crippen LogP contribution >= 0.6 is 0 Å². The number of nitrogens with zero attached hydrogens (tertiary/aromatic N) is 1. The van der Waals surface area contributed by atoms with Gasteiger partial charge in [-0.25, -0.2) is 4.79 Å². The summed E-state index contributed by atoms with van der Waals surface area (Å²) in [6.07, 6.45) is 0. The molecule has 2 rings (SSSR count). The Labute approximate surface area is 160 Å². The number of ether oxygens (including phenoxy) is 3. The zero-order chi connectivity index (χ0) is 20.3. The highest BCUT2D eigenvalue weighted by molar-refractivity contribution is 6.00. The lowest BCUT2D eigenvalue weighted by Gasteiger charge is -2.14. The van der Waals surface area contributed by atoms with Gasteiger partial charge in [0.15, 0.2) is 6.61 Å². The Balaban J connectivity index is 2.16. The number of aromatic nitrogens is 1. The van der Waals surface area contributed by atoms with Crippen LogP contribution in [0, 0.1) is 20.8 Å². The molecule has 0 aliphatic heterocycles. The SMILES string of the molecule is COc1cc(C(=O)OCC(=O)c2cc(C)n(C(C)C)c2C)cc(OC)c1C. The van der Waals surface area contributed by atoms with Gasteiger partial charge in [0.05, 0.1) is 19.8 Å². The third-order valence-electron chi connectivity index (χ3n) is 4.62. The topological polar surface area (TPSA) is 66.8 Å². The molecule has 0 radical (unpaired) electrons. The van der Waals surface area contributed by atoms with Crippen molar-refractivity contribution in [2.75, 3.05) is 20.8 Å². The Morgan fingerprint density at radius 3 is 2.00 bits per heavy atom. The van der Waals surface area contributed by atoms with Gasteiger partial charge in [0.1, 0.15) is 11.5 Å². The quantitative estimate of drug-likeness (QED) is 0.541. The summed E-state index contributed by atoms with van der Waals surface area (Å²) in [5, 5.41) is 0. The standard InChI is InChI=1S/C21H27NO5/c1-12(2)22-13(3)8-17(15(22)5)18(23)11-27-21(24)16-9-19(25-6)14(4)20(10-16)26-7/h8-10,12H,11H2,1-7H3. The first-order chi connectivity index (χ1) is 12.7. The van der Waals surface area contributed by atoms with E-state index in [4.69, 9.17) is 14.2 Å². The van der Waals surface area contributed by atoms with Crippen molar-refractivity contribution in [2.45, 2.75) is 40.7 Å². The maximum absolute atomic E-state index is 12.5. The summed E-state index contributed by atoms with van der Waals surface area (Å²) >= 11 is 0. The zero-order valence-electron chi connectivity index (χ0n) is 17.0. The molecule has 0 spiro atoms. The molecule has 1 aromatic heterocycles. The van der Waals surface area contributed by atoms with Crippen molar-refractivity contribution in [3.05, 3.63) is 46.3 Å². The van der Waals surface area contributed by atoms with E-state index in [9.17, 15) is 9.59 Å². The molecule has 27 heavy (non-hydrogen) atoms. The molecule has 6 nitrogen and oxygen atoms in total. The first-order valence-corrected chi connectivity index (χ1v) is 8.82. The van der Waals surface area contributed by atoms with Gasteiger partial charge in [0.2, 0.25) is 5.78 Å². The van der Waals surface area contributed by atoms with Crippen LogP contribution in [0.15, 0.2) is 18.2 Å². The second-order valence-corrected chi connectivity index (χ2v) is 6.75. The Hall–Kier alpha value is -2.76. The summed E-state index contributed by atoms with van der Waals surface area (Å²) in [6.45, 7) is 9.50. The predicted octanol–water partition coefficient (Wildman–Crippen LogP) is 4.05. The molecule has 0 amide bonds. The van der Waals surface area contributed by atoms with Gasteiger partial charge in [-0.2, -0.15) is 0 Å². The molecule has 146 valence electrons. The highest BCUT2D eigenvalue weighted by Crippen LogP contribution is 2.29. The molecule has 0 fully saturated rings. The fraction of sp³-hybridized carbons (Fsp3) is 0.429. The molecule has 0 aliphatic rings. The molecular weight excluding hydrogens is 346 g/mol. The Morgan fingerprint density at radius 2 is 1.56 bits per heavy atom. The average Bonchev–Trinajstić information content (AvgIpc) is 2.93. The number of hydrogen-bond acceptors (Lipinski definition) is 5. The van der Waals surface area contributed by atoms with Crippen LogP contribution in [-0.2, 0) is 4.74 Å². The fourth-order valence-electron chi connectivity index (χ4n) is 3.35. The van der Waals surface area contributed by atoms with Crippen molar-refractivity contribution in [3.8, 4) is 11.5 Å². The van der Waals surface area contributed by atoms with Crippen LogP contribution in [0.5, 0.6) is 11.5 Å². The number of Topliss-reactive ketones (excluding diaryl/α,β-unsaturated/α-hetero) is 1. The predicted molar refractivity (Wildman–Crippen MR) is 103 cm³/mol. The third-order valence-corrected chi connectivity index (χ3v) is 4.62. The van der Waals surface area contributed by atoms with Gasteiger partial charge in [0.25, 0.3) is 0 Å². The van der Waals surface area contributed by atoms with Crippen molar-refractivity contribution >= 4 is 11.8 Å². The maximum atomic E-state index is 12.5. The summed E-state index contributed by atoms with van der Waals surface area (Å²) in [6, 6.07) is 5.25. The minimum Gasteiger partial charge on any atom is -0.496 e. The van der Waals surface area contributed by atoms with Crippen molar-refractivity contribution < 1.29 is 23.8 Å². The summed E-state index contributed by atoms with van der Waals surface area (Å²) in [5.41, 5.74) is 3.52. The molecule has 0 N–H and O–H groups in total. The van der Waals surface area contributed by atoms with Crippen LogP contribution in [0.2, 0.25) is 0 Å². The number of benzene rings is 1. The number of rotatable bonds is 7. The number of hydrogen-bond donors (Lipinski definition) is 0. The van der Waals surface area contributed by atoms with Crippen molar-refractivity contribution in [2.24, 2.45) is 0 Å². The zero-order valence-corrected chi connectivity index (χ0v) is 17.0. The molecule has 0 bridgehead atoms. The maximum Gasteiger partial charge on any atom is 0.338 e. The molecular formula is C21H27NO5. The van der Waals surface area contributed by atoms with E-state index < -0.39 is 5.97 Å². The normalized spacial score (nSPS) is 10.8. The monoisotopic (exact) mass is 373 g/mol. The second-order valence-electron chi connectivity index (χ2n) is 6.75. The number of carbonyl (C=O) groups is 2. The van der Waals surface area contributed by atoms with Crippen molar-refractivity contribution in [1.82, 2.24) is 4.57 Å². The summed E-state index contributed by atoms with van der Waals surface area (Å²) < 4.78 is 17.9. The van der Waals surface area contributed by atoms with E-state index >= 15 is 0 Å². The summed E-state index contributed by atoms with van der Waals surface area (Å²) in [5.74, 6) is 0.216. The second kappa shape index (κ2) is 8.29. The van der Waals surface area contributed by atoms with Crippen LogP contribution in [0.25, 0.3) is 0 Å². The lowest BCUT2D eigenvalue weighted by molar-refractivity contribution is 0.0474. The van der Waals surface area contributed by atoms with E-state index in [1.807, 2.05) is 26.8 Å². The first kappa shape index (κ1) is 20.6. The van der Waals surface area contributed by atoms with Crippen LogP contribution < -0.4 is 9.47 Å². The molecule has 6 heteroatoms. The van der Waals surface area contributed by atoms with Crippen LogP contribution in [0.1, 0.15) is 57.6 Å². The average molecular weight is 373 g/mol. The number of ketones is 1. The highest BCUT2D eigenvalue weighted by atomic mass is 16.5. The van der Waals surface area contributed by atoms with E-state index in [-0.39, 0.29) is 24.0 Å². The van der Waals surface area contributed by atoms with Crippen molar-refractivity contribution in [1.29, 1.82) is 0 Å². The van der Waals surface area contributed by atoms with Crippen molar-refractivity contribution in [3.63, 3.8) is 0 Å². The number of carbonyl (C=O) groups excluding carboxylic acids is 2. The third kappa shape index (κ3) is 4.15. The molecule has 0 atom stereocenters. The van der Waals surface area contributed by atoms with Gasteiger partial charge in [-0.3, -0.25) is 4.79 Å². The van der Waals surface area contributed by atoms with Crippen LogP contribution in [0.4, 0.5) is 0 Å². The van der Waals surface area contributed by atoms with Gasteiger partial charge < -0.3 is 18.8 Å². The Bertz CT molecular complexity index is 839. The Kier molecular flexibility index (Phi) is 6.31. The first-order valence-electron chi connectivity index (χ1n) is 8.82. The van der Waals surface area contributed by atoms with Gasteiger partial charge >= 0.3 is 5.97 Å². The van der Waals surface area contributed by atoms with Gasteiger partial charge in [-0.05, 0) is 52.8 Å². The van der Waals surface area contributed by atoms with Gasteiger partial charge in [-0.15, -0.1) is 0 Å². The molecule has 1 aromatic carbocycles. The minimum absolute atomic E-state index is 0.227. The lowest BCUT2D eigenvalue weighted by atomic mass is 10.1. The van der Waals surface area contributed by atoms with E-state index in [0.29, 0.717) is 17.1 Å². The van der Waals surface area contributed by atoms with E-state index in [2.05, 4.69) is 18.4 Å². The minimum atomic E-state index is -0.599. The van der Waals surface area contributed by atoms with E-state index in [0.717, 1.165) is 17.0 Å². The van der Waals surface area contributed by atoms with Crippen LogP contribution in [0.3, 0.4) is 0 Å². The van der Waals surface area contributed by atoms with Crippen LogP contribution in [-0.4, -0.2) is 37.1 Å².